The molecule has 12 nitrogen and oxygen atoms in total. The smallest absolute Gasteiger partial charge is 0.259 e. The van der Waals surface area contributed by atoms with Crippen molar-refractivity contribution in [3.05, 3.63) is 59.8 Å². The molecule has 3 heterocycles. The van der Waals surface area contributed by atoms with E-state index in [1.807, 2.05) is 74.3 Å². The van der Waals surface area contributed by atoms with E-state index >= 15 is 0 Å². The zero-order chi connectivity index (χ0) is 36.1. The number of sulfonamides is 1. The Labute approximate surface area is 299 Å². The molecule has 3 aromatic rings. The van der Waals surface area contributed by atoms with Gasteiger partial charge in [-0.15, -0.1) is 0 Å². The molecule has 3 fully saturated rings. The Hall–Kier alpha value is -4.07. The fourth-order valence-corrected chi connectivity index (χ4v) is 9.13. The summed E-state index contributed by atoms with van der Waals surface area (Å²) in [7, 11) is -0.335. The highest BCUT2D eigenvalue weighted by Gasteiger charge is 2.62. The van der Waals surface area contributed by atoms with Crippen LogP contribution in [0.1, 0.15) is 62.6 Å². The van der Waals surface area contributed by atoms with E-state index in [1.54, 1.807) is 7.11 Å². The van der Waals surface area contributed by atoms with Gasteiger partial charge in [0.15, 0.2) is 0 Å². The minimum absolute atomic E-state index is 0.289. The highest BCUT2D eigenvalue weighted by Crippen LogP contribution is 2.47. The number of hydrogen-bond acceptors (Lipinski definition) is 10. The van der Waals surface area contributed by atoms with Crippen molar-refractivity contribution in [2.24, 2.45) is 17.8 Å². The first kappa shape index (κ1) is 35.3. The topological polar surface area (TPSA) is 160 Å². The second-order valence-electron chi connectivity index (χ2n) is 14.7. The average Bonchev–Trinajstić information content (AvgIpc) is 4.03. The molecule has 0 unspecified atom stereocenters. The molecule has 272 valence electrons. The van der Waals surface area contributed by atoms with Crippen molar-refractivity contribution >= 4 is 32.7 Å². The van der Waals surface area contributed by atoms with Gasteiger partial charge in [-0.3, -0.25) is 24.2 Å². The molecule has 2 aromatic heterocycles. The molecule has 13 heteroatoms. The Bertz CT molecular complexity index is 1980. The van der Waals surface area contributed by atoms with Crippen LogP contribution in [0, 0.1) is 31.6 Å². The molecule has 0 saturated heterocycles. The molecular weight excluding hydrogens is 671 g/mol. The van der Waals surface area contributed by atoms with Crippen LogP contribution in [0.25, 0.3) is 22.3 Å². The number of benzene rings is 1. The summed E-state index contributed by atoms with van der Waals surface area (Å²) < 4.78 is 40.2. The third-order valence-electron chi connectivity index (χ3n) is 11.0. The molecule has 7 rings (SSSR count). The van der Waals surface area contributed by atoms with Crippen molar-refractivity contribution in [1.82, 2.24) is 24.9 Å². The predicted molar refractivity (Wildman–Crippen MR) is 192 cm³/mol. The van der Waals surface area contributed by atoms with Crippen LogP contribution in [0.2, 0.25) is 0 Å². The van der Waals surface area contributed by atoms with Crippen LogP contribution >= 0.6 is 0 Å². The fraction of sp³-hybridized carbons (Fsp3) is 0.526. The van der Waals surface area contributed by atoms with Crippen LogP contribution in [0.4, 0.5) is 0 Å². The quantitative estimate of drug-likeness (QED) is 0.303. The van der Waals surface area contributed by atoms with Crippen molar-refractivity contribution in [3.8, 4) is 22.9 Å². The van der Waals surface area contributed by atoms with E-state index in [4.69, 9.17) is 19.4 Å². The number of carbonyl (C=O) groups is 2. The first-order valence-corrected chi connectivity index (χ1v) is 19.5. The normalized spacial score (nSPS) is 29.3. The van der Waals surface area contributed by atoms with E-state index in [0.29, 0.717) is 60.6 Å². The maximum Gasteiger partial charge on any atom is 0.259 e. The van der Waals surface area contributed by atoms with Gasteiger partial charge in [-0.05, 0) is 96.5 Å². The number of nitrogens with zero attached hydrogens (tertiary/aromatic N) is 3. The van der Waals surface area contributed by atoms with Gasteiger partial charge in [0.2, 0.25) is 15.9 Å². The molecule has 0 bridgehead atoms. The Balaban J connectivity index is 1.21. The van der Waals surface area contributed by atoms with Gasteiger partial charge in [0.1, 0.15) is 23.3 Å². The van der Waals surface area contributed by atoms with Gasteiger partial charge in [0, 0.05) is 47.0 Å². The Morgan fingerprint density at radius 3 is 2.63 bits per heavy atom. The lowest BCUT2D eigenvalue weighted by atomic mass is 9.92. The van der Waals surface area contributed by atoms with Crippen LogP contribution in [0.3, 0.4) is 0 Å². The van der Waals surface area contributed by atoms with Crippen molar-refractivity contribution in [2.75, 3.05) is 20.7 Å². The Kier molecular flexibility index (Phi) is 9.57. The highest BCUT2D eigenvalue weighted by atomic mass is 32.2. The molecule has 4 aliphatic rings. The number of hydrogen-bond donors (Lipinski definition) is 3. The zero-order valence-corrected chi connectivity index (χ0v) is 30.4. The first-order valence-electron chi connectivity index (χ1n) is 17.9. The molecule has 6 atom stereocenters. The Morgan fingerprint density at radius 1 is 1.08 bits per heavy atom. The number of ether oxygens (including phenoxy) is 2. The number of aliphatic hydroxyl groups is 1. The maximum atomic E-state index is 14.3. The second-order valence-corrected chi connectivity index (χ2v) is 16.7. The molecule has 3 N–H and O–H groups in total. The minimum atomic E-state index is -3.81. The van der Waals surface area contributed by atoms with Crippen LogP contribution < -0.4 is 19.5 Å². The summed E-state index contributed by atoms with van der Waals surface area (Å²) in [5, 5.41) is 14.9. The fourth-order valence-electron chi connectivity index (χ4n) is 7.76. The average molecular weight is 718 g/mol. The van der Waals surface area contributed by atoms with Gasteiger partial charge in [0.05, 0.1) is 35.4 Å². The van der Waals surface area contributed by atoms with E-state index in [1.165, 1.54) is 0 Å². The van der Waals surface area contributed by atoms with E-state index in [2.05, 4.69) is 10.0 Å². The van der Waals surface area contributed by atoms with Crippen LogP contribution in [0.15, 0.2) is 48.6 Å². The second kappa shape index (κ2) is 13.8. The van der Waals surface area contributed by atoms with Gasteiger partial charge in [-0.25, -0.2) is 13.4 Å². The lowest BCUT2D eigenvalue weighted by Crippen LogP contribution is -2.54. The lowest BCUT2D eigenvalue weighted by Gasteiger charge is -2.32. The number of pyridine rings is 2. The molecular formula is C38H47N5O7S. The molecule has 51 heavy (non-hydrogen) atoms. The number of amides is 2. The number of aryl methyl sites for hydroxylation is 2. The van der Waals surface area contributed by atoms with E-state index < -0.39 is 56.8 Å². The molecule has 3 saturated carbocycles. The molecule has 0 radical (unpaired) electrons. The van der Waals surface area contributed by atoms with Crippen LogP contribution in [-0.2, 0) is 19.6 Å². The number of aliphatic hydroxyl groups excluding tert-OH is 1. The largest absolute Gasteiger partial charge is 0.496 e. The van der Waals surface area contributed by atoms with Crippen LogP contribution in [-0.4, -0.2) is 84.0 Å². The molecule has 1 aliphatic heterocycles. The van der Waals surface area contributed by atoms with Crippen molar-refractivity contribution in [2.45, 2.75) is 88.3 Å². The lowest BCUT2D eigenvalue weighted by molar-refractivity contribution is -0.135. The monoisotopic (exact) mass is 717 g/mol. The maximum absolute atomic E-state index is 14.3. The van der Waals surface area contributed by atoms with Crippen molar-refractivity contribution in [3.63, 3.8) is 0 Å². The molecule has 2 amide bonds. The number of allylic oxidation sites excluding steroid dienone is 1. The SMILES string of the molecule is COc1ccc2c(O[C@H]3C[C@H]4[C@@H](O)N(C)CCCC/C=C\[C@@H]5C[C@@]5(C(=O)NS(=O)(=O)C5CC5)NC(=O)[C@@H]4C3)cc(-c3cccc(C)n3)nc2c1C. The number of carbonyl (C=O) groups excluding carboxylic acids is 2. The van der Waals surface area contributed by atoms with Gasteiger partial charge < -0.3 is 19.9 Å². The zero-order valence-electron chi connectivity index (χ0n) is 29.6. The number of nitrogens with one attached hydrogen (secondary N) is 2. The van der Waals surface area contributed by atoms with Gasteiger partial charge in [-0.1, -0.05) is 18.2 Å². The summed E-state index contributed by atoms with van der Waals surface area (Å²) >= 11 is 0. The summed E-state index contributed by atoms with van der Waals surface area (Å²) in [4.78, 5) is 39.5. The van der Waals surface area contributed by atoms with Gasteiger partial charge in [0.25, 0.3) is 5.91 Å². The summed E-state index contributed by atoms with van der Waals surface area (Å²) in [5.74, 6) is -1.34. The van der Waals surface area contributed by atoms with Crippen molar-refractivity contribution < 1.29 is 32.6 Å². The molecule has 0 spiro atoms. The van der Waals surface area contributed by atoms with E-state index in [0.717, 1.165) is 35.9 Å². The Morgan fingerprint density at radius 2 is 1.88 bits per heavy atom. The summed E-state index contributed by atoms with van der Waals surface area (Å²) in [6.07, 6.45) is 7.08. The van der Waals surface area contributed by atoms with E-state index in [-0.39, 0.29) is 12.3 Å². The summed E-state index contributed by atoms with van der Waals surface area (Å²) in [6.45, 7) is 4.53. The number of aromatic nitrogens is 2. The van der Waals surface area contributed by atoms with Gasteiger partial charge in [-0.2, -0.15) is 0 Å². The highest BCUT2D eigenvalue weighted by molar-refractivity contribution is 7.91. The third-order valence-corrected chi connectivity index (χ3v) is 12.8. The standard InChI is InChI=1S/C38H47N5O7S/c1-22-10-9-12-30(39-22)31-20-33(27-15-16-32(49-4)23(2)34(27)40-31)50-25-18-28-29(19-25)36(45)43(3)17-8-6-5-7-11-24-21-38(24,41-35(28)44)37(46)42-51(47,48)26-13-14-26/h7,9-12,15-16,20,24-26,28-29,36,45H,5-6,8,13-14,17-19,21H2,1-4H3,(H,41,44)(H,42,46)/b11-7-/t24-,25-,28-,29-,36-,38-/m1/s1. The number of rotatable bonds is 7. The number of fused-ring (bicyclic) bond motifs is 3. The first-order chi connectivity index (χ1) is 24.4. The van der Waals surface area contributed by atoms with Crippen LogP contribution in [0.5, 0.6) is 11.5 Å². The molecule has 3 aliphatic carbocycles. The number of methoxy groups -OCH3 is 1. The molecule has 1 aromatic carbocycles. The summed E-state index contributed by atoms with van der Waals surface area (Å²) in [6, 6.07) is 11.4. The minimum Gasteiger partial charge on any atom is -0.496 e. The van der Waals surface area contributed by atoms with E-state index in [9.17, 15) is 23.1 Å². The summed E-state index contributed by atoms with van der Waals surface area (Å²) in [5.41, 5.74) is 2.37. The predicted octanol–water partition coefficient (Wildman–Crippen LogP) is 4.17. The third kappa shape index (κ3) is 7.07. The van der Waals surface area contributed by atoms with Crippen molar-refractivity contribution in [1.29, 1.82) is 0 Å². The van der Waals surface area contributed by atoms with Gasteiger partial charge >= 0.3 is 0 Å².